The Kier molecular flexibility index (Phi) is 4.78. The number of carbonyl (C=O) groups excluding carboxylic acids is 3. The summed E-state index contributed by atoms with van der Waals surface area (Å²) in [5.74, 6) is -0.587. The quantitative estimate of drug-likeness (QED) is 0.632. The smallest absolute Gasteiger partial charge is 0.325 e. The van der Waals surface area contributed by atoms with Crippen LogP contribution in [0.2, 0.25) is 0 Å². The Hall–Kier alpha value is -3.19. The molecule has 0 spiro atoms. The number of hydrogen-bond acceptors (Lipinski definition) is 4. The van der Waals surface area contributed by atoms with Crippen LogP contribution in [0.4, 0.5) is 4.79 Å². The van der Waals surface area contributed by atoms with Gasteiger partial charge in [-0.1, -0.05) is 48.5 Å². The average molecular weight is 434 g/mol. The number of carbonyl (C=O) groups is 3. The molecule has 6 nitrogen and oxygen atoms in total. The molecule has 158 valence electrons. The van der Waals surface area contributed by atoms with E-state index in [1.807, 2.05) is 60.0 Å². The van der Waals surface area contributed by atoms with Crippen LogP contribution in [0.3, 0.4) is 0 Å². The van der Waals surface area contributed by atoms with Crippen LogP contribution in [0.5, 0.6) is 0 Å². The van der Waals surface area contributed by atoms with Crippen LogP contribution in [-0.2, 0) is 15.1 Å². The second-order valence-electron chi connectivity index (χ2n) is 8.23. The SMILES string of the molecule is CC1(c2cccc3ccccc23)NC(=O)N(CC(=O)N2CCCC2c2cccs2)C1=O. The number of urea groups is 1. The maximum Gasteiger partial charge on any atom is 0.325 e. The number of hydrogen-bond donors (Lipinski definition) is 1. The van der Waals surface area contributed by atoms with Crippen LogP contribution in [0.15, 0.2) is 60.0 Å². The Balaban J connectivity index is 1.41. The summed E-state index contributed by atoms with van der Waals surface area (Å²) in [6, 6.07) is 17.0. The molecule has 4 amide bonds. The first-order valence-corrected chi connectivity index (χ1v) is 11.3. The zero-order chi connectivity index (χ0) is 21.6. The van der Waals surface area contributed by atoms with E-state index in [0.717, 1.165) is 39.0 Å². The molecule has 2 aliphatic rings. The third kappa shape index (κ3) is 3.20. The highest BCUT2D eigenvalue weighted by molar-refractivity contribution is 7.10. The first-order chi connectivity index (χ1) is 15.0. The molecule has 1 aromatic heterocycles. The van der Waals surface area contributed by atoms with Crippen molar-refractivity contribution in [2.45, 2.75) is 31.3 Å². The molecule has 0 bridgehead atoms. The highest BCUT2D eigenvalue weighted by Gasteiger charge is 2.50. The molecular formula is C24H23N3O3S. The molecule has 3 heterocycles. The molecule has 2 aliphatic heterocycles. The average Bonchev–Trinajstić information content (AvgIpc) is 3.51. The molecule has 0 radical (unpaired) electrons. The summed E-state index contributed by atoms with van der Waals surface area (Å²) in [5, 5.41) is 6.75. The number of amides is 4. The lowest BCUT2D eigenvalue weighted by atomic mass is 9.88. The van der Waals surface area contributed by atoms with Crippen molar-refractivity contribution in [1.29, 1.82) is 0 Å². The first kappa shape index (κ1) is 19.8. The van der Waals surface area contributed by atoms with Crippen molar-refractivity contribution in [2.75, 3.05) is 13.1 Å². The van der Waals surface area contributed by atoms with Gasteiger partial charge in [-0.15, -0.1) is 11.3 Å². The Morgan fingerprint density at radius 2 is 1.94 bits per heavy atom. The van der Waals surface area contributed by atoms with E-state index in [9.17, 15) is 14.4 Å². The van der Waals surface area contributed by atoms with E-state index < -0.39 is 17.5 Å². The number of rotatable bonds is 4. The number of fused-ring (bicyclic) bond motifs is 1. The van der Waals surface area contributed by atoms with Crippen molar-refractivity contribution < 1.29 is 14.4 Å². The van der Waals surface area contributed by atoms with Crippen LogP contribution in [0.25, 0.3) is 10.8 Å². The predicted octanol–water partition coefficient (Wildman–Crippen LogP) is 4.03. The number of nitrogens with one attached hydrogen (secondary N) is 1. The van der Waals surface area contributed by atoms with Crippen LogP contribution in [0.1, 0.15) is 36.2 Å². The maximum atomic E-state index is 13.4. The van der Waals surface area contributed by atoms with Crippen molar-refractivity contribution in [2.24, 2.45) is 0 Å². The number of likely N-dealkylation sites (tertiary alicyclic amines) is 1. The summed E-state index contributed by atoms with van der Waals surface area (Å²) in [7, 11) is 0. The van der Waals surface area contributed by atoms with Gasteiger partial charge in [-0.2, -0.15) is 0 Å². The maximum absolute atomic E-state index is 13.4. The van der Waals surface area contributed by atoms with Crippen molar-refractivity contribution in [3.63, 3.8) is 0 Å². The number of benzene rings is 2. The van der Waals surface area contributed by atoms with Crippen LogP contribution in [-0.4, -0.2) is 40.7 Å². The zero-order valence-corrected chi connectivity index (χ0v) is 18.0. The fraction of sp³-hybridized carbons (Fsp3) is 0.292. The van der Waals surface area contributed by atoms with Crippen molar-refractivity contribution in [3.05, 3.63) is 70.4 Å². The van der Waals surface area contributed by atoms with Gasteiger partial charge in [-0.05, 0) is 47.5 Å². The summed E-state index contributed by atoms with van der Waals surface area (Å²) >= 11 is 1.63. The minimum absolute atomic E-state index is 0.0257. The standard InChI is InChI=1S/C24H23N3O3S/c1-24(18-10-4-8-16-7-2-3-9-17(16)18)22(29)27(23(30)25-24)15-21(28)26-13-5-11-19(26)20-12-6-14-31-20/h2-4,6-10,12,14,19H,5,11,13,15H2,1H3,(H,25,30). The minimum Gasteiger partial charge on any atom is -0.333 e. The van der Waals surface area contributed by atoms with E-state index >= 15 is 0 Å². The van der Waals surface area contributed by atoms with Crippen LogP contribution < -0.4 is 5.32 Å². The van der Waals surface area contributed by atoms with Gasteiger partial charge in [-0.3, -0.25) is 14.5 Å². The topological polar surface area (TPSA) is 69.7 Å². The Morgan fingerprint density at radius 3 is 2.74 bits per heavy atom. The molecule has 3 aromatic rings. The van der Waals surface area contributed by atoms with Gasteiger partial charge in [0.1, 0.15) is 12.1 Å². The van der Waals surface area contributed by atoms with E-state index in [1.54, 1.807) is 23.2 Å². The van der Waals surface area contributed by atoms with Gasteiger partial charge >= 0.3 is 6.03 Å². The number of thiophene rings is 1. The number of nitrogens with zero attached hydrogens (tertiary/aromatic N) is 2. The van der Waals surface area contributed by atoms with E-state index in [2.05, 4.69) is 5.32 Å². The van der Waals surface area contributed by atoms with Gasteiger partial charge < -0.3 is 10.2 Å². The Bertz CT molecular complexity index is 1170. The molecule has 1 N–H and O–H groups in total. The van der Waals surface area contributed by atoms with Crippen molar-refractivity contribution in [3.8, 4) is 0 Å². The summed E-state index contributed by atoms with van der Waals surface area (Å²) < 4.78 is 0. The molecular weight excluding hydrogens is 410 g/mol. The summed E-state index contributed by atoms with van der Waals surface area (Å²) in [6.45, 7) is 2.11. The number of imide groups is 1. The van der Waals surface area contributed by atoms with E-state index in [-0.39, 0.29) is 18.5 Å². The third-order valence-corrected chi connectivity index (χ3v) is 7.31. The van der Waals surface area contributed by atoms with E-state index in [0.29, 0.717) is 6.54 Å². The van der Waals surface area contributed by atoms with Crippen LogP contribution >= 0.6 is 11.3 Å². The van der Waals surface area contributed by atoms with Gasteiger partial charge in [-0.25, -0.2) is 4.79 Å². The molecule has 31 heavy (non-hydrogen) atoms. The van der Waals surface area contributed by atoms with E-state index in [1.165, 1.54) is 0 Å². The summed E-state index contributed by atoms with van der Waals surface area (Å²) in [4.78, 5) is 43.3. The first-order valence-electron chi connectivity index (χ1n) is 10.4. The lowest BCUT2D eigenvalue weighted by Gasteiger charge is -2.26. The summed E-state index contributed by atoms with van der Waals surface area (Å²) in [6.07, 6.45) is 1.82. The fourth-order valence-electron chi connectivity index (χ4n) is 4.75. The third-order valence-electron chi connectivity index (χ3n) is 6.34. The van der Waals surface area contributed by atoms with Gasteiger partial charge in [0.25, 0.3) is 5.91 Å². The Morgan fingerprint density at radius 1 is 1.13 bits per heavy atom. The highest BCUT2D eigenvalue weighted by Crippen LogP contribution is 2.36. The zero-order valence-electron chi connectivity index (χ0n) is 17.2. The van der Waals surface area contributed by atoms with Gasteiger partial charge in [0.05, 0.1) is 6.04 Å². The predicted molar refractivity (Wildman–Crippen MR) is 120 cm³/mol. The molecule has 2 saturated heterocycles. The molecule has 7 heteroatoms. The Labute approximate surface area is 184 Å². The fourth-order valence-corrected chi connectivity index (χ4v) is 5.63. The molecule has 0 saturated carbocycles. The molecule has 2 unspecified atom stereocenters. The molecule has 0 aliphatic carbocycles. The molecule has 2 fully saturated rings. The van der Waals surface area contributed by atoms with Crippen molar-refractivity contribution >= 4 is 40.0 Å². The minimum atomic E-state index is -1.21. The second-order valence-corrected chi connectivity index (χ2v) is 9.21. The molecule has 5 rings (SSSR count). The summed E-state index contributed by atoms with van der Waals surface area (Å²) in [5.41, 5.74) is -0.479. The molecule has 2 aromatic carbocycles. The van der Waals surface area contributed by atoms with Crippen LogP contribution in [0, 0.1) is 0 Å². The lowest BCUT2D eigenvalue weighted by molar-refractivity contribution is -0.139. The highest BCUT2D eigenvalue weighted by atomic mass is 32.1. The second kappa shape index (κ2) is 7.50. The lowest BCUT2D eigenvalue weighted by Crippen LogP contribution is -2.44. The monoisotopic (exact) mass is 433 g/mol. The van der Waals surface area contributed by atoms with Gasteiger partial charge in [0.2, 0.25) is 5.91 Å². The van der Waals surface area contributed by atoms with E-state index in [4.69, 9.17) is 0 Å². The van der Waals surface area contributed by atoms with Gasteiger partial charge in [0.15, 0.2) is 0 Å². The normalized spacial score (nSPS) is 23.6. The van der Waals surface area contributed by atoms with Gasteiger partial charge in [0, 0.05) is 11.4 Å². The van der Waals surface area contributed by atoms with Crippen molar-refractivity contribution in [1.82, 2.24) is 15.1 Å². The molecule has 2 atom stereocenters. The largest absolute Gasteiger partial charge is 0.333 e.